The Labute approximate surface area is 247 Å². The Kier molecular flexibility index (Phi) is 11.0. The fourth-order valence-corrected chi connectivity index (χ4v) is 5.94. The number of anilines is 1. The maximum atomic E-state index is 14.1. The predicted octanol–water partition coefficient (Wildman–Crippen LogP) is 6.22. The van der Waals surface area contributed by atoms with Gasteiger partial charge in [-0.25, -0.2) is 8.42 Å². The fraction of sp³-hybridized carbons (Fsp3) is 0.333. The van der Waals surface area contributed by atoms with Gasteiger partial charge in [0.2, 0.25) is 11.8 Å². The maximum absolute atomic E-state index is 14.1. The second kappa shape index (κ2) is 14.0. The molecule has 0 aromatic heterocycles. The molecule has 1 N–H and O–H groups in total. The molecule has 0 bridgehead atoms. The van der Waals surface area contributed by atoms with Gasteiger partial charge in [0.15, 0.2) is 0 Å². The summed E-state index contributed by atoms with van der Waals surface area (Å²) in [5, 5.41) is 3.38. The summed E-state index contributed by atoms with van der Waals surface area (Å²) < 4.78 is 28.7. The van der Waals surface area contributed by atoms with Gasteiger partial charge in [-0.3, -0.25) is 13.9 Å². The van der Waals surface area contributed by atoms with E-state index < -0.39 is 28.5 Å². The van der Waals surface area contributed by atoms with E-state index >= 15 is 0 Å². The Hall–Kier alpha value is -3.07. The quantitative estimate of drug-likeness (QED) is 0.266. The summed E-state index contributed by atoms with van der Waals surface area (Å²) in [6.45, 7) is 7.21. The first-order valence-electron chi connectivity index (χ1n) is 13.2. The Bertz CT molecular complexity index is 1430. The van der Waals surface area contributed by atoms with E-state index in [2.05, 4.69) is 5.32 Å². The van der Waals surface area contributed by atoms with Gasteiger partial charge in [-0.1, -0.05) is 79.5 Å². The number of carbonyl (C=O) groups is 2. The molecule has 0 fully saturated rings. The third-order valence-electron chi connectivity index (χ3n) is 6.79. The molecule has 0 aliphatic carbocycles. The van der Waals surface area contributed by atoms with Crippen molar-refractivity contribution < 1.29 is 18.0 Å². The molecule has 0 aliphatic rings. The molecule has 2 atom stereocenters. The number of nitrogens with zero attached hydrogens (tertiary/aromatic N) is 2. The maximum Gasteiger partial charge on any atom is 0.264 e. The summed E-state index contributed by atoms with van der Waals surface area (Å²) in [4.78, 5) is 28.9. The van der Waals surface area contributed by atoms with E-state index in [4.69, 9.17) is 23.2 Å². The molecule has 3 aromatic carbocycles. The highest BCUT2D eigenvalue weighted by Gasteiger charge is 2.34. The highest BCUT2D eigenvalue weighted by molar-refractivity contribution is 7.92. The minimum atomic E-state index is -4.19. The molecule has 40 heavy (non-hydrogen) atoms. The van der Waals surface area contributed by atoms with Gasteiger partial charge >= 0.3 is 0 Å². The standard InChI is InChI=1S/C30H35Cl2N3O4S/c1-5-22(4)33-30(37)28(6-2)34(19-23-13-11-10-12-21(23)3)29(36)20-35(24-16-17-26(31)27(32)18-24)40(38,39)25-14-8-7-9-15-25/h7-18,22,28H,5-6,19-20H2,1-4H3,(H,33,37)/t22-,28-/m0/s1. The van der Waals surface area contributed by atoms with Crippen molar-refractivity contribution >= 4 is 50.7 Å². The summed E-state index contributed by atoms with van der Waals surface area (Å²) in [6.07, 6.45) is 1.08. The monoisotopic (exact) mass is 603 g/mol. The normalized spacial score (nSPS) is 12.8. The molecule has 0 radical (unpaired) electrons. The third-order valence-corrected chi connectivity index (χ3v) is 9.32. The van der Waals surface area contributed by atoms with Crippen molar-refractivity contribution in [2.24, 2.45) is 0 Å². The Balaban J connectivity index is 2.08. The summed E-state index contributed by atoms with van der Waals surface area (Å²) in [5.41, 5.74) is 1.99. The number of sulfonamides is 1. The Morgan fingerprint density at radius 3 is 2.15 bits per heavy atom. The van der Waals surface area contributed by atoms with Crippen molar-refractivity contribution in [2.45, 2.75) is 64.1 Å². The van der Waals surface area contributed by atoms with Crippen LogP contribution in [0.15, 0.2) is 77.7 Å². The van der Waals surface area contributed by atoms with Gasteiger partial charge in [-0.05, 0) is 68.1 Å². The molecule has 7 nitrogen and oxygen atoms in total. The molecule has 2 amide bonds. The van der Waals surface area contributed by atoms with Crippen LogP contribution in [0.5, 0.6) is 0 Å². The van der Waals surface area contributed by atoms with Crippen molar-refractivity contribution in [2.75, 3.05) is 10.8 Å². The largest absolute Gasteiger partial charge is 0.352 e. The first kappa shape index (κ1) is 31.5. The number of benzene rings is 3. The van der Waals surface area contributed by atoms with Gasteiger partial charge in [0.1, 0.15) is 12.6 Å². The van der Waals surface area contributed by atoms with Crippen molar-refractivity contribution in [1.82, 2.24) is 10.2 Å². The molecule has 0 aliphatic heterocycles. The lowest BCUT2D eigenvalue weighted by molar-refractivity contribution is -0.140. The van der Waals surface area contributed by atoms with Gasteiger partial charge < -0.3 is 10.2 Å². The van der Waals surface area contributed by atoms with Crippen LogP contribution in [0.1, 0.15) is 44.7 Å². The number of aryl methyl sites for hydroxylation is 1. The average Bonchev–Trinajstić information content (AvgIpc) is 2.94. The van der Waals surface area contributed by atoms with Crippen LogP contribution in [0.2, 0.25) is 10.0 Å². The SMILES string of the molecule is CC[C@H](C)NC(=O)[C@H](CC)N(Cc1ccccc1C)C(=O)CN(c1ccc(Cl)c(Cl)c1)S(=O)(=O)c1ccccc1. The predicted molar refractivity (Wildman–Crippen MR) is 161 cm³/mol. The lowest BCUT2D eigenvalue weighted by atomic mass is 10.1. The molecule has 0 spiro atoms. The van der Waals surface area contributed by atoms with Gasteiger partial charge in [0.05, 0.1) is 20.6 Å². The Morgan fingerprint density at radius 1 is 0.900 bits per heavy atom. The van der Waals surface area contributed by atoms with Crippen LogP contribution >= 0.6 is 23.2 Å². The van der Waals surface area contributed by atoms with Gasteiger partial charge in [-0.15, -0.1) is 0 Å². The molecule has 214 valence electrons. The Morgan fingerprint density at radius 2 is 1.55 bits per heavy atom. The number of nitrogens with one attached hydrogen (secondary N) is 1. The second-order valence-corrected chi connectivity index (χ2v) is 12.3. The second-order valence-electron chi connectivity index (χ2n) is 9.61. The van der Waals surface area contributed by atoms with Crippen LogP contribution in [0.25, 0.3) is 0 Å². The van der Waals surface area contributed by atoms with E-state index in [0.29, 0.717) is 6.42 Å². The summed E-state index contributed by atoms with van der Waals surface area (Å²) in [5.74, 6) is -0.814. The number of halogens is 2. The van der Waals surface area contributed by atoms with Crippen molar-refractivity contribution in [3.05, 3.63) is 94.0 Å². The molecule has 3 aromatic rings. The molecule has 0 unspecified atom stereocenters. The van der Waals surface area contributed by atoms with Gasteiger partial charge in [0, 0.05) is 12.6 Å². The van der Waals surface area contributed by atoms with Crippen LogP contribution in [-0.2, 0) is 26.2 Å². The lowest BCUT2D eigenvalue weighted by Crippen LogP contribution is -2.53. The van der Waals surface area contributed by atoms with Crippen molar-refractivity contribution in [1.29, 1.82) is 0 Å². The molecule has 0 saturated heterocycles. The van der Waals surface area contributed by atoms with E-state index in [1.165, 1.54) is 35.2 Å². The number of carbonyl (C=O) groups excluding carboxylic acids is 2. The highest BCUT2D eigenvalue weighted by Crippen LogP contribution is 2.31. The topological polar surface area (TPSA) is 86.8 Å². The van der Waals surface area contributed by atoms with E-state index in [1.807, 2.05) is 52.0 Å². The highest BCUT2D eigenvalue weighted by atomic mass is 35.5. The van der Waals surface area contributed by atoms with Gasteiger partial charge in [0.25, 0.3) is 10.0 Å². The number of hydrogen-bond acceptors (Lipinski definition) is 4. The first-order chi connectivity index (χ1) is 19.0. The molecular weight excluding hydrogens is 569 g/mol. The number of rotatable bonds is 12. The molecular formula is C30H35Cl2N3O4S. The zero-order valence-electron chi connectivity index (χ0n) is 23.1. The summed E-state index contributed by atoms with van der Waals surface area (Å²) in [7, 11) is -4.19. The zero-order chi connectivity index (χ0) is 29.4. The third kappa shape index (κ3) is 7.56. The minimum absolute atomic E-state index is 0.0147. The van der Waals surface area contributed by atoms with Crippen LogP contribution in [0, 0.1) is 6.92 Å². The average molecular weight is 605 g/mol. The number of amides is 2. The minimum Gasteiger partial charge on any atom is -0.352 e. The zero-order valence-corrected chi connectivity index (χ0v) is 25.4. The van der Waals surface area contributed by atoms with Crippen LogP contribution < -0.4 is 9.62 Å². The summed E-state index contributed by atoms with van der Waals surface area (Å²) in [6, 6.07) is 19.0. The molecule has 3 rings (SSSR count). The first-order valence-corrected chi connectivity index (χ1v) is 15.4. The molecule has 10 heteroatoms. The van der Waals surface area contributed by atoms with E-state index in [9.17, 15) is 18.0 Å². The molecule has 0 saturated carbocycles. The van der Waals surface area contributed by atoms with Crippen molar-refractivity contribution in [3.8, 4) is 0 Å². The lowest BCUT2D eigenvalue weighted by Gasteiger charge is -2.34. The van der Waals surface area contributed by atoms with Crippen LogP contribution in [0.4, 0.5) is 5.69 Å². The summed E-state index contributed by atoms with van der Waals surface area (Å²) >= 11 is 12.4. The smallest absolute Gasteiger partial charge is 0.264 e. The van der Waals surface area contributed by atoms with E-state index in [1.54, 1.807) is 18.2 Å². The fourth-order valence-electron chi connectivity index (χ4n) is 4.22. The van der Waals surface area contributed by atoms with Gasteiger partial charge in [-0.2, -0.15) is 0 Å². The van der Waals surface area contributed by atoms with Crippen molar-refractivity contribution in [3.63, 3.8) is 0 Å². The van der Waals surface area contributed by atoms with E-state index in [-0.39, 0.29) is 39.1 Å². The van der Waals surface area contributed by atoms with Crippen LogP contribution in [0.3, 0.4) is 0 Å². The number of hydrogen-bond donors (Lipinski definition) is 1. The van der Waals surface area contributed by atoms with E-state index in [0.717, 1.165) is 21.9 Å². The molecule has 0 heterocycles. The van der Waals surface area contributed by atoms with Crippen LogP contribution in [-0.4, -0.2) is 43.8 Å².